The van der Waals surface area contributed by atoms with Crippen LogP contribution >= 0.6 is 11.6 Å². The van der Waals surface area contributed by atoms with Gasteiger partial charge in [-0.1, -0.05) is 11.6 Å². The number of piperazine rings is 1. The molecule has 1 heterocycles. The van der Waals surface area contributed by atoms with E-state index in [0.717, 1.165) is 26.2 Å². The van der Waals surface area contributed by atoms with E-state index in [-0.39, 0.29) is 11.8 Å². The van der Waals surface area contributed by atoms with Gasteiger partial charge in [0.25, 0.3) is 0 Å². The Kier molecular flexibility index (Phi) is 5.40. The molecule has 1 atom stereocenters. The van der Waals surface area contributed by atoms with Crippen molar-refractivity contribution >= 4 is 17.4 Å². The van der Waals surface area contributed by atoms with Crippen molar-refractivity contribution in [1.82, 2.24) is 10.2 Å². The highest BCUT2D eigenvalue weighted by atomic mass is 35.5. The number of ketones is 1. The largest absolute Gasteiger partial charge is 0.494 e. The van der Waals surface area contributed by atoms with Crippen LogP contribution in [0.25, 0.3) is 0 Å². The molecule has 0 saturated carbocycles. The summed E-state index contributed by atoms with van der Waals surface area (Å²) in [4.78, 5) is 14.7. The van der Waals surface area contributed by atoms with Gasteiger partial charge in [-0.15, -0.1) is 0 Å². The van der Waals surface area contributed by atoms with Gasteiger partial charge >= 0.3 is 0 Å². The lowest BCUT2D eigenvalue weighted by atomic mass is 10.0. The van der Waals surface area contributed by atoms with Crippen molar-refractivity contribution in [3.05, 3.63) is 28.8 Å². The molecule has 2 rings (SSSR count). The average Bonchev–Trinajstić information content (AvgIpc) is 2.47. The lowest BCUT2D eigenvalue weighted by molar-refractivity contribution is 0.0820. The Hall–Kier alpha value is -1.10. The van der Waals surface area contributed by atoms with Crippen LogP contribution in [0.2, 0.25) is 5.02 Å². The molecule has 1 unspecified atom stereocenters. The fourth-order valence-corrected chi connectivity index (χ4v) is 2.68. The van der Waals surface area contributed by atoms with Crippen molar-refractivity contribution in [2.24, 2.45) is 0 Å². The maximum Gasteiger partial charge on any atom is 0.181 e. The second kappa shape index (κ2) is 7.07. The summed E-state index contributed by atoms with van der Waals surface area (Å²) < 4.78 is 5.38. The molecule has 0 aliphatic carbocycles. The summed E-state index contributed by atoms with van der Waals surface area (Å²) in [6, 6.07) is 5.12. The van der Waals surface area contributed by atoms with Gasteiger partial charge in [-0.05, 0) is 32.0 Å². The molecule has 1 aliphatic rings. The zero-order valence-electron chi connectivity index (χ0n) is 12.0. The third-order valence-corrected chi connectivity index (χ3v) is 3.91. The molecule has 20 heavy (non-hydrogen) atoms. The first-order valence-electron chi connectivity index (χ1n) is 7.04. The fourth-order valence-electron chi connectivity index (χ4n) is 2.41. The summed E-state index contributed by atoms with van der Waals surface area (Å²) in [5, 5.41) is 3.75. The number of Topliss-reactive ketones (excluding diaryl/α,β-unsaturated/α-hetero) is 1. The first kappa shape index (κ1) is 15.3. The Morgan fingerprint density at radius 3 is 2.75 bits per heavy atom. The molecular weight excluding hydrogens is 276 g/mol. The minimum absolute atomic E-state index is 0.0694. The molecule has 0 radical (unpaired) electrons. The molecule has 1 N–H and O–H groups in total. The molecule has 1 aliphatic heterocycles. The average molecular weight is 297 g/mol. The van der Waals surface area contributed by atoms with Gasteiger partial charge in [0.15, 0.2) is 5.78 Å². The zero-order chi connectivity index (χ0) is 14.5. The third kappa shape index (κ3) is 3.51. The van der Waals surface area contributed by atoms with Gasteiger partial charge in [0.2, 0.25) is 0 Å². The van der Waals surface area contributed by atoms with Gasteiger partial charge in [0, 0.05) is 31.7 Å². The highest BCUT2D eigenvalue weighted by molar-refractivity contribution is 6.34. The van der Waals surface area contributed by atoms with Crippen LogP contribution in [-0.4, -0.2) is 49.5 Å². The maximum absolute atomic E-state index is 12.5. The second-order valence-corrected chi connectivity index (χ2v) is 5.31. The Labute approximate surface area is 125 Å². The standard InChI is InChI=1S/C15H21ClN2O2/c1-3-20-12-4-5-13(14(16)10-12)15(19)11(2)18-8-6-17-7-9-18/h4-5,10-11,17H,3,6-9H2,1-2H3. The quantitative estimate of drug-likeness (QED) is 0.846. The number of rotatable bonds is 5. The van der Waals surface area contributed by atoms with Crippen LogP contribution in [0.1, 0.15) is 24.2 Å². The maximum atomic E-state index is 12.5. The highest BCUT2D eigenvalue weighted by Gasteiger charge is 2.25. The molecular formula is C15H21ClN2O2. The molecule has 5 heteroatoms. The lowest BCUT2D eigenvalue weighted by Gasteiger charge is -2.32. The first-order valence-corrected chi connectivity index (χ1v) is 7.42. The van der Waals surface area contributed by atoms with Crippen LogP contribution in [0, 0.1) is 0 Å². The van der Waals surface area contributed by atoms with E-state index in [2.05, 4.69) is 10.2 Å². The monoisotopic (exact) mass is 296 g/mol. The van der Waals surface area contributed by atoms with Crippen molar-refractivity contribution in [2.75, 3.05) is 32.8 Å². The predicted octanol–water partition coefficient (Wildman–Crippen LogP) is 2.22. The van der Waals surface area contributed by atoms with Crippen molar-refractivity contribution < 1.29 is 9.53 Å². The van der Waals surface area contributed by atoms with Gasteiger partial charge in [0.1, 0.15) is 5.75 Å². The van der Waals surface area contributed by atoms with Crippen molar-refractivity contribution in [2.45, 2.75) is 19.9 Å². The second-order valence-electron chi connectivity index (χ2n) is 4.90. The minimum Gasteiger partial charge on any atom is -0.494 e. The zero-order valence-corrected chi connectivity index (χ0v) is 12.7. The topological polar surface area (TPSA) is 41.6 Å². The van der Waals surface area contributed by atoms with Crippen molar-refractivity contribution in [1.29, 1.82) is 0 Å². The molecule has 1 fully saturated rings. The van der Waals surface area contributed by atoms with Gasteiger partial charge in [0.05, 0.1) is 17.7 Å². The normalized spacial score (nSPS) is 17.8. The summed E-state index contributed by atoms with van der Waals surface area (Å²) in [5.74, 6) is 0.767. The minimum atomic E-state index is -0.146. The van der Waals surface area contributed by atoms with E-state index in [4.69, 9.17) is 16.3 Å². The number of carbonyl (C=O) groups excluding carboxylic acids is 1. The molecule has 0 spiro atoms. The van der Waals surface area contributed by atoms with E-state index in [0.29, 0.717) is 22.9 Å². The van der Waals surface area contributed by atoms with E-state index in [9.17, 15) is 4.79 Å². The Morgan fingerprint density at radius 1 is 1.45 bits per heavy atom. The van der Waals surface area contributed by atoms with Crippen LogP contribution in [-0.2, 0) is 0 Å². The summed E-state index contributed by atoms with van der Waals surface area (Å²) in [5.41, 5.74) is 0.571. The summed E-state index contributed by atoms with van der Waals surface area (Å²) in [6.45, 7) is 8.08. The number of nitrogens with one attached hydrogen (secondary N) is 1. The SMILES string of the molecule is CCOc1ccc(C(=O)C(C)N2CCNCC2)c(Cl)c1. The number of carbonyl (C=O) groups is 1. The summed E-state index contributed by atoms with van der Waals surface area (Å²) in [6.07, 6.45) is 0. The van der Waals surface area contributed by atoms with E-state index >= 15 is 0 Å². The Bertz CT molecular complexity index is 473. The molecule has 0 amide bonds. The van der Waals surface area contributed by atoms with Crippen LogP contribution in [0.5, 0.6) is 5.75 Å². The van der Waals surface area contributed by atoms with Crippen LogP contribution in [0.3, 0.4) is 0 Å². The molecule has 1 aromatic rings. The summed E-state index contributed by atoms with van der Waals surface area (Å²) >= 11 is 6.21. The Morgan fingerprint density at radius 2 is 2.15 bits per heavy atom. The smallest absolute Gasteiger partial charge is 0.181 e. The number of hydrogen-bond acceptors (Lipinski definition) is 4. The molecule has 4 nitrogen and oxygen atoms in total. The van der Waals surface area contributed by atoms with Crippen molar-refractivity contribution in [3.8, 4) is 5.75 Å². The first-order chi connectivity index (χ1) is 9.63. The highest BCUT2D eigenvalue weighted by Crippen LogP contribution is 2.24. The lowest BCUT2D eigenvalue weighted by Crippen LogP contribution is -2.50. The third-order valence-electron chi connectivity index (χ3n) is 3.60. The van der Waals surface area contributed by atoms with Crippen molar-refractivity contribution in [3.63, 3.8) is 0 Å². The molecule has 0 bridgehead atoms. The molecule has 110 valence electrons. The number of ether oxygens (including phenoxy) is 1. The van der Waals surface area contributed by atoms with Gasteiger partial charge < -0.3 is 10.1 Å². The van der Waals surface area contributed by atoms with Gasteiger partial charge in [-0.3, -0.25) is 9.69 Å². The molecule has 1 saturated heterocycles. The number of hydrogen-bond donors (Lipinski definition) is 1. The fraction of sp³-hybridized carbons (Fsp3) is 0.533. The summed E-state index contributed by atoms with van der Waals surface area (Å²) in [7, 11) is 0. The predicted molar refractivity (Wildman–Crippen MR) is 80.9 cm³/mol. The van der Waals surface area contributed by atoms with Crippen LogP contribution in [0.15, 0.2) is 18.2 Å². The van der Waals surface area contributed by atoms with E-state index in [1.807, 2.05) is 13.8 Å². The van der Waals surface area contributed by atoms with Gasteiger partial charge in [-0.2, -0.15) is 0 Å². The molecule has 0 aromatic heterocycles. The molecule has 1 aromatic carbocycles. The van der Waals surface area contributed by atoms with E-state index < -0.39 is 0 Å². The Balaban J connectivity index is 2.11. The number of benzene rings is 1. The van der Waals surface area contributed by atoms with E-state index in [1.54, 1.807) is 18.2 Å². The van der Waals surface area contributed by atoms with Crippen LogP contribution in [0.4, 0.5) is 0 Å². The van der Waals surface area contributed by atoms with E-state index in [1.165, 1.54) is 0 Å². The van der Waals surface area contributed by atoms with Crippen LogP contribution < -0.4 is 10.1 Å². The number of nitrogens with zero attached hydrogens (tertiary/aromatic N) is 1. The number of halogens is 1. The van der Waals surface area contributed by atoms with Gasteiger partial charge in [-0.25, -0.2) is 0 Å².